The Morgan fingerprint density at radius 1 is 0.968 bits per heavy atom. The minimum Gasteiger partial charge on any atom is -0.497 e. The van der Waals surface area contributed by atoms with Gasteiger partial charge in [-0.15, -0.1) is 0 Å². The lowest BCUT2D eigenvalue weighted by Crippen LogP contribution is -2.23. The van der Waals surface area contributed by atoms with Crippen LogP contribution in [0.4, 0.5) is 0 Å². The number of hydrogen-bond acceptors (Lipinski definition) is 2. The number of rotatable bonds is 6. The summed E-state index contributed by atoms with van der Waals surface area (Å²) in [7, 11) is 1.64. The van der Waals surface area contributed by atoms with Crippen LogP contribution in [-0.2, 0) is 6.54 Å². The fourth-order valence-electron chi connectivity index (χ4n) is 3.63. The Balaban J connectivity index is 1.76. The van der Waals surface area contributed by atoms with E-state index >= 15 is 0 Å². The monoisotopic (exact) mass is 430 g/mol. The van der Waals surface area contributed by atoms with Crippen molar-refractivity contribution in [3.8, 4) is 22.7 Å². The maximum absolute atomic E-state index is 13.1. The SMILES string of the molecule is COc1cccc(-n2c(-c3ccc(Cl)cc3)cc(C(=O)NCc3ccccc3)c2C)c1. The van der Waals surface area contributed by atoms with Crippen LogP contribution in [0, 0.1) is 6.92 Å². The van der Waals surface area contributed by atoms with Crippen molar-refractivity contribution in [3.63, 3.8) is 0 Å². The number of carbonyl (C=O) groups is 1. The molecule has 156 valence electrons. The van der Waals surface area contributed by atoms with Gasteiger partial charge in [0.15, 0.2) is 0 Å². The standard InChI is InChI=1S/C26H23ClN2O2/c1-18-24(26(30)28-17-19-7-4-3-5-8-19)16-25(20-11-13-21(27)14-12-20)29(18)22-9-6-10-23(15-22)31-2/h3-16H,17H2,1-2H3,(H,28,30). The predicted octanol–water partition coefficient (Wildman–Crippen LogP) is 6.04. The van der Waals surface area contributed by atoms with E-state index in [4.69, 9.17) is 16.3 Å². The highest BCUT2D eigenvalue weighted by atomic mass is 35.5. The van der Waals surface area contributed by atoms with Gasteiger partial charge in [-0.1, -0.05) is 60.1 Å². The first kappa shape index (κ1) is 20.8. The number of hydrogen-bond donors (Lipinski definition) is 1. The normalized spacial score (nSPS) is 10.7. The zero-order valence-electron chi connectivity index (χ0n) is 17.4. The van der Waals surface area contributed by atoms with E-state index in [1.54, 1.807) is 7.11 Å². The number of methoxy groups -OCH3 is 1. The molecule has 1 heterocycles. The molecule has 1 amide bonds. The molecule has 0 aliphatic heterocycles. The Hall–Kier alpha value is -3.50. The number of benzene rings is 3. The molecule has 0 saturated heterocycles. The van der Waals surface area contributed by atoms with E-state index < -0.39 is 0 Å². The molecule has 0 unspecified atom stereocenters. The van der Waals surface area contributed by atoms with Gasteiger partial charge in [-0.2, -0.15) is 0 Å². The lowest BCUT2D eigenvalue weighted by Gasteiger charge is -2.13. The van der Waals surface area contributed by atoms with Gasteiger partial charge in [0.2, 0.25) is 0 Å². The van der Waals surface area contributed by atoms with Gasteiger partial charge in [0.05, 0.1) is 18.4 Å². The summed E-state index contributed by atoms with van der Waals surface area (Å²) in [5, 5.41) is 3.70. The third kappa shape index (κ3) is 4.49. The van der Waals surface area contributed by atoms with Crippen LogP contribution in [0.5, 0.6) is 5.75 Å². The molecule has 31 heavy (non-hydrogen) atoms. The largest absolute Gasteiger partial charge is 0.497 e. The number of amides is 1. The smallest absolute Gasteiger partial charge is 0.253 e. The third-order valence-electron chi connectivity index (χ3n) is 5.24. The zero-order valence-corrected chi connectivity index (χ0v) is 18.2. The van der Waals surface area contributed by atoms with E-state index in [-0.39, 0.29) is 5.91 Å². The van der Waals surface area contributed by atoms with Crippen LogP contribution in [0.15, 0.2) is 84.9 Å². The van der Waals surface area contributed by atoms with E-state index in [0.717, 1.165) is 34.0 Å². The van der Waals surface area contributed by atoms with Crippen molar-refractivity contribution in [2.75, 3.05) is 7.11 Å². The summed E-state index contributed by atoms with van der Waals surface area (Å²) in [6.07, 6.45) is 0. The highest BCUT2D eigenvalue weighted by Crippen LogP contribution is 2.31. The topological polar surface area (TPSA) is 43.3 Å². The fraction of sp³-hybridized carbons (Fsp3) is 0.115. The maximum Gasteiger partial charge on any atom is 0.253 e. The highest BCUT2D eigenvalue weighted by molar-refractivity contribution is 6.30. The number of aromatic nitrogens is 1. The Morgan fingerprint density at radius 2 is 1.71 bits per heavy atom. The average molecular weight is 431 g/mol. The molecule has 0 aliphatic rings. The lowest BCUT2D eigenvalue weighted by molar-refractivity contribution is 0.0950. The molecule has 0 bridgehead atoms. The summed E-state index contributed by atoms with van der Waals surface area (Å²) >= 11 is 6.09. The van der Waals surface area contributed by atoms with Gasteiger partial charge in [0, 0.05) is 29.0 Å². The van der Waals surface area contributed by atoms with Crippen molar-refractivity contribution in [1.29, 1.82) is 0 Å². The second-order valence-corrected chi connectivity index (χ2v) is 7.68. The van der Waals surface area contributed by atoms with Crippen molar-refractivity contribution in [2.45, 2.75) is 13.5 Å². The van der Waals surface area contributed by atoms with Crippen LogP contribution in [0.2, 0.25) is 5.02 Å². The minimum absolute atomic E-state index is 0.113. The van der Waals surface area contributed by atoms with Crippen LogP contribution in [0.3, 0.4) is 0 Å². The Kier molecular flexibility index (Phi) is 6.10. The molecular formula is C26H23ClN2O2. The molecule has 1 N–H and O–H groups in total. The second-order valence-electron chi connectivity index (χ2n) is 7.24. The van der Waals surface area contributed by atoms with Crippen molar-refractivity contribution in [2.24, 2.45) is 0 Å². The van der Waals surface area contributed by atoms with E-state index in [1.165, 1.54) is 0 Å². The molecule has 4 rings (SSSR count). The van der Waals surface area contributed by atoms with Crippen LogP contribution in [0.1, 0.15) is 21.6 Å². The molecule has 5 heteroatoms. The van der Waals surface area contributed by atoms with Crippen molar-refractivity contribution >= 4 is 17.5 Å². The molecule has 0 saturated carbocycles. The fourth-order valence-corrected chi connectivity index (χ4v) is 3.75. The van der Waals surface area contributed by atoms with Crippen LogP contribution in [-0.4, -0.2) is 17.6 Å². The van der Waals surface area contributed by atoms with Crippen molar-refractivity contribution in [3.05, 3.63) is 107 Å². The zero-order chi connectivity index (χ0) is 21.8. The number of carbonyl (C=O) groups excluding carboxylic acids is 1. The van der Waals surface area contributed by atoms with Gasteiger partial charge in [-0.25, -0.2) is 0 Å². The average Bonchev–Trinajstić information content (AvgIpc) is 3.15. The van der Waals surface area contributed by atoms with Crippen LogP contribution < -0.4 is 10.1 Å². The first-order valence-electron chi connectivity index (χ1n) is 10.0. The lowest BCUT2D eigenvalue weighted by atomic mass is 10.1. The maximum atomic E-state index is 13.1. The quantitative estimate of drug-likeness (QED) is 0.405. The van der Waals surface area contributed by atoms with Gasteiger partial charge < -0.3 is 14.6 Å². The van der Waals surface area contributed by atoms with Crippen LogP contribution in [0.25, 0.3) is 16.9 Å². The first-order valence-corrected chi connectivity index (χ1v) is 10.4. The van der Waals surface area contributed by atoms with Gasteiger partial charge in [-0.05, 0) is 48.4 Å². The van der Waals surface area contributed by atoms with E-state index in [0.29, 0.717) is 17.1 Å². The Bertz CT molecular complexity index is 1200. The molecule has 0 aliphatic carbocycles. The van der Waals surface area contributed by atoms with Gasteiger partial charge >= 0.3 is 0 Å². The van der Waals surface area contributed by atoms with Gasteiger partial charge in [0.25, 0.3) is 5.91 Å². The van der Waals surface area contributed by atoms with Crippen LogP contribution >= 0.6 is 11.6 Å². The summed E-state index contributed by atoms with van der Waals surface area (Å²) in [6.45, 7) is 2.43. The summed E-state index contributed by atoms with van der Waals surface area (Å²) in [5.41, 5.74) is 5.33. The summed E-state index contributed by atoms with van der Waals surface area (Å²) in [4.78, 5) is 13.1. The first-order chi connectivity index (χ1) is 15.1. The number of nitrogens with one attached hydrogen (secondary N) is 1. The molecule has 0 fully saturated rings. The summed E-state index contributed by atoms with van der Waals surface area (Å²) < 4.78 is 7.48. The third-order valence-corrected chi connectivity index (χ3v) is 5.49. The Morgan fingerprint density at radius 3 is 2.42 bits per heavy atom. The molecule has 0 spiro atoms. The summed E-state index contributed by atoms with van der Waals surface area (Å²) in [5.74, 6) is 0.640. The van der Waals surface area contributed by atoms with Crippen molar-refractivity contribution in [1.82, 2.24) is 9.88 Å². The van der Waals surface area contributed by atoms with Crippen molar-refractivity contribution < 1.29 is 9.53 Å². The van der Waals surface area contributed by atoms with E-state index in [9.17, 15) is 4.79 Å². The van der Waals surface area contributed by atoms with Gasteiger partial charge in [0.1, 0.15) is 5.75 Å². The molecule has 0 atom stereocenters. The molecular weight excluding hydrogens is 408 g/mol. The predicted molar refractivity (Wildman–Crippen MR) is 125 cm³/mol. The molecule has 0 radical (unpaired) electrons. The van der Waals surface area contributed by atoms with Gasteiger partial charge in [-0.3, -0.25) is 4.79 Å². The Labute approximate surface area is 187 Å². The number of nitrogens with zero attached hydrogens (tertiary/aromatic N) is 1. The summed E-state index contributed by atoms with van der Waals surface area (Å²) in [6, 6.07) is 27.2. The number of halogens is 1. The van der Waals surface area contributed by atoms with E-state index in [2.05, 4.69) is 9.88 Å². The molecule has 4 aromatic rings. The highest BCUT2D eigenvalue weighted by Gasteiger charge is 2.20. The molecule has 1 aromatic heterocycles. The number of ether oxygens (including phenoxy) is 1. The second kappa shape index (κ2) is 9.11. The van der Waals surface area contributed by atoms with E-state index in [1.807, 2.05) is 91.9 Å². The molecule has 4 nitrogen and oxygen atoms in total. The minimum atomic E-state index is -0.113. The molecule has 3 aromatic carbocycles.